The van der Waals surface area contributed by atoms with Crippen molar-refractivity contribution in [3.05, 3.63) is 35.2 Å². The molecular formula is C16H21Cl2N3O. The summed E-state index contributed by atoms with van der Waals surface area (Å²) in [6, 6.07) is 7.56. The first-order valence-corrected chi connectivity index (χ1v) is 7.90. The molecule has 0 spiro atoms. The summed E-state index contributed by atoms with van der Waals surface area (Å²) in [7, 11) is 0. The van der Waals surface area contributed by atoms with Crippen molar-refractivity contribution >= 4 is 24.0 Å². The summed E-state index contributed by atoms with van der Waals surface area (Å²) in [5, 5.41) is 8.16. The van der Waals surface area contributed by atoms with Gasteiger partial charge < -0.3 is 9.84 Å². The lowest BCUT2D eigenvalue weighted by molar-refractivity contribution is 0.257. The Hall–Kier alpha value is -1.10. The minimum absolute atomic E-state index is 0. The second kappa shape index (κ2) is 7.95. The Morgan fingerprint density at radius 2 is 2.23 bits per heavy atom. The summed E-state index contributed by atoms with van der Waals surface area (Å²) in [4.78, 5) is 4.49. The van der Waals surface area contributed by atoms with E-state index < -0.39 is 0 Å². The van der Waals surface area contributed by atoms with Crippen LogP contribution < -0.4 is 5.32 Å². The van der Waals surface area contributed by atoms with Gasteiger partial charge in [-0.15, -0.1) is 12.4 Å². The van der Waals surface area contributed by atoms with Gasteiger partial charge in [0.05, 0.1) is 5.02 Å². The first-order chi connectivity index (χ1) is 10.2. The molecule has 1 fully saturated rings. The predicted molar refractivity (Wildman–Crippen MR) is 90.5 cm³/mol. The zero-order valence-corrected chi connectivity index (χ0v) is 14.2. The van der Waals surface area contributed by atoms with Crippen LogP contribution in [0.5, 0.6) is 0 Å². The molecule has 1 saturated heterocycles. The van der Waals surface area contributed by atoms with Gasteiger partial charge in [0, 0.05) is 12.0 Å². The lowest BCUT2D eigenvalue weighted by atomic mass is 9.85. The van der Waals surface area contributed by atoms with Crippen molar-refractivity contribution in [2.45, 2.75) is 26.2 Å². The third-order valence-corrected chi connectivity index (χ3v) is 4.55. The zero-order valence-electron chi connectivity index (χ0n) is 12.6. The van der Waals surface area contributed by atoms with Gasteiger partial charge in [-0.25, -0.2) is 0 Å². The molecule has 2 aromatic rings. The van der Waals surface area contributed by atoms with Crippen molar-refractivity contribution in [3.8, 4) is 11.4 Å². The number of nitrogens with zero attached hydrogens (tertiary/aromatic N) is 2. The Balaban J connectivity index is 0.00000176. The summed E-state index contributed by atoms with van der Waals surface area (Å²) < 4.78 is 5.40. The lowest BCUT2D eigenvalue weighted by Crippen LogP contribution is -2.33. The topological polar surface area (TPSA) is 51.0 Å². The van der Waals surface area contributed by atoms with Gasteiger partial charge in [0.2, 0.25) is 11.7 Å². The van der Waals surface area contributed by atoms with Crippen LogP contribution in [-0.2, 0) is 6.42 Å². The Morgan fingerprint density at radius 3 is 2.95 bits per heavy atom. The van der Waals surface area contributed by atoms with E-state index in [-0.39, 0.29) is 12.4 Å². The first-order valence-electron chi connectivity index (χ1n) is 7.52. The molecule has 0 amide bonds. The van der Waals surface area contributed by atoms with Crippen molar-refractivity contribution in [2.75, 3.05) is 13.1 Å². The molecule has 22 heavy (non-hydrogen) atoms. The van der Waals surface area contributed by atoms with E-state index in [1.807, 2.05) is 24.3 Å². The molecule has 1 aromatic heterocycles. The molecule has 2 atom stereocenters. The van der Waals surface area contributed by atoms with Crippen molar-refractivity contribution < 1.29 is 4.52 Å². The van der Waals surface area contributed by atoms with Crippen LogP contribution in [0.3, 0.4) is 0 Å². The molecule has 0 bridgehead atoms. The quantitative estimate of drug-likeness (QED) is 0.913. The molecule has 4 nitrogen and oxygen atoms in total. The molecule has 0 radical (unpaired) electrons. The highest BCUT2D eigenvalue weighted by Crippen LogP contribution is 2.27. The van der Waals surface area contributed by atoms with Gasteiger partial charge in [-0.05, 0) is 49.9 Å². The number of rotatable bonds is 4. The van der Waals surface area contributed by atoms with E-state index in [1.54, 1.807) is 0 Å². The maximum Gasteiger partial charge on any atom is 0.227 e. The Morgan fingerprint density at radius 1 is 1.41 bits per heavy atom. The van der Waals surface area contributed by atoms with E-state index in [0.29, 0.717) is 28.6 Å². The molecule has 120 valence electrons. The van der Waals surface area contributed by atoms with Crippen molar-refractivity contribution in [3.63, 3.8) is 0 Å². The van der Waals surface area contributed by atoms with Crippen molar-refractivity contribution in [1.29, 1.82) is 0 Å². The fourth-order valence-corrected chi connectivity index (χ4v) is 3.12. The number of halogens is 2. The largest absolute Gasteiger partial charge is 0.339 e. The number of hydrogen-bond acceptors (Lipinski definition) is 4. The summed E-state index contributed by atoms with van der Waals surface area (Å²) >= 11 is 6.17. The van der Waals surface area contributed by atoms with Gasteiger partial charge in [0.25, 0.3) is 0 Å². The molecule has 1 aromatic carbocycles. The molecule has 0 aliphatic carbocycles. The van der Waals surface area contributed by atoms with E-state index in [9.17, 15) is 0 Å². The fourth-order valence-electron chi connectivity index (χ4n) is 2.90. The van der Waals surface area contributed by atoms with Gasteiger partial charge in [-0.2, -0.15) is 4.98 Å². The van der Waals surface area contributed by atoms with Gasteiger partial charge in [0.15, 0.2) is 0 Å². The molecule has 3 rings (SSSR count). The van der Waals surface area contributed by atoms with Crippen LogP contribution in [0.25, 0.3) is 11.4 Å². The number of nitrogens with one attached hydrogen (secondary N) is 1. The van der Waals surface area contributed by atoms with Crippen LogP contribution >= 0.6 is 24.0 Å². The highest BCUT2D eigenvalue weighted by Gasteiger charge is 2.22. The SMILES string of the molecule is CC(Cc1nc(-c2ccccc2Cl)no1)C1CCCNC1.Cl. The minimum Gasteiger partial charge on any atom is -0.339 e. The van der Waals surface area contributed by atoms with E-state index >= 15 is 0 Å². The number of hydrogen-bond donors (Lipinski definition) is 1. The van der Waals surface area contributed by atoms with E-state index in [0.717, 1.165) is 25.1 Å². The second-order valence-corrected chi connectivity index (χ2v) is 6.19. The number of aromatic nitrogens is 2. The van der Waals surface area contributed by atoms with E-state index in [1.165, 1.54) is 12.8 Å². The highest BCUT2D eigenvalue weighted by molar-refractivity contribution is 6.33. The molecule has 1 aliphatic rings. The summed E-state index contributed by atoms with van der Waals surface area (Å²) in [5.74, 6) is 2.50. The average molecular weight is 342 g/mol. The predicted octanol–water partition coefficient (Wildman–Crippen LogP) is 3.99. The molecule has 1 aliphatic heterocycles. The number of benzene rings is 1. The summed E-state index contributed by atoms with van der Waals surface area (Å²) in [5.41, 5.74) is 0.821. The molecule has 2 heterocycles. The van der Waals surface area contributed by atoms with Crippen LogP contribution in [0.15, 0.2) is 28.8 Å². The Labute approximate surface area is 142 Å². The lowest BCUT2D eigenvalue weighted by Gasteiger charge is -2.27. The smallest absolute Gasteiger partial charge is 0.227 e. The average Bonchev–Trinajstić information content (AvgIpc) is 2.97. The third kappa shape index (κ3) is 4.00. The van der Waals surface area contributed by atoms with Gasteiger partial charge in [0.1, 0.15) is 0 Å². The maximum absolute atomic E-state index is 6.17. The Bertz CT molecular complexity index is 597. The van der Waals surface area contributed by atoms with Crippen LogP contribution in [-0.4, -0.2) is 23.2 Å². The van der Waals surface area contributed by atoms with E-state index in [4.69, 9.17) is 16.1 Å². The normalized spacial score (nSPS) is 19.5. The highest BCUT2D eigenvalue weighted by atomic mass is 35.5. The fraction of sp³-hybridized carbons (Fsp3) is 0.500. The third-order valence-electron chi connectivity index (χ3n) is 4.22. The van der Waals surface area contributed by atoms with Crippen LogP contribution in [0.1, 0.15) is 25.7 Å². The van der Waals surface area contributed by atoms with Crippen molar-refractivity contribution in [2.24, 2.45) is 11.8 Å². The van der Waals surface area contributed by atoms with Gasteiger partial charge in [-0.1, -0.05) is 35.8 Å². The summed E-state index contributed by atoms with van der Waals surface area (Å²) in [6.07, 6.45) is 3.35. The molecule has 6 heteroatoms. The molecule has 1 N–H and O–H groups in total. The second-order valence-electron chi connectivity index (χ2n) is 5.78. The maximum atomic E-state index is 6.17. The van der Waals surface area contributed by atoms with Crippen molar-refractivity contribution in [1.82, 2.24) is 15.5 Å². The van der Waals surface area contributed by atoms with E-state index in [2.05, 4.69) is 22.4 Å². The minimum atomic E-state index is 0. The monoisotopic (exact) mass is 341 g/mol. The van der Waals surface area contributed by atoms with Crippen LogP contribution in [0, 0.1) is 11.8 Å². The van der Waals surface area contributed by atoms with Crippen LogP contribution in [0.4, 0.5) is 0 Å². The number of piperidine rings is 1. The Kier molecular flexibility index (Phi) is 6.24. The zero-order chi connectivity index (χ0) is 14.7. The van der Waals surface area contributed by atoms with Crippen LogP contribution in [0.2, 0.25) is 5.02 Å². The molecule has 2 unspecified atom stereocenters. The van der Waals surface area contributed by atoms with Gasteiger partial charge in [-0.3, -0.25) is 0 Å². The summed E-state index contributed by atoms with van der Waals surface area (Å²) in [6.45, 7) is 4.49. The molecular weight excluding hydrogens is 321 g/mol. The first kappa shape index (κ1) is 17.3. The van der Waals surface area contributed by atoms with Gasteiger partial charge >= 0.3 is 0 Å². The standard InChI is InChI=1S/C16H20ClN3O.ClH/c1-11(12-5-4-8-18-10-12)9-15-19-16(20-21-15)13-6-2-3-7-14(13)17;/h2-3,6-7,11-12,18H,4-5,8-10H2,1H3;1H. The molecule has 0 saturated carbocycles.